The average Bonchev–Trinajstić information content (AvgIpc) is 2.41. The molecule has 0 saturated carbocycles. The van der Waals surface area contributed by atoms with Gasteiger partial charge in [-0.15, -0.1) is 0 Å². The van der Waals surface area contributed by atoms with Crippen LogP contribution in [0.15, 0.2) is 36.7 Å². The number of carbonyl (C=O) groups is 1. The maximum atomic E-state index is 12.0. The smallest absolute Gasteiger partial charge is 0.253 e. The number of aryl methyl sites for hydroxylation is 2. The molecule has 0 bridgehead atoms. The van der Waals surface area contributed by atoms with Gasteiger partial charge < -0.3 is 10.6 Å². The van der Waals surface area contributed by atoms with Crippen molar-refractivity contribution in [2.75, 3.05) is 5.32 Å². The van der Waals surface area contributed by atoms with Crippen molar-refractivity contribution in [1.82, 2.24) is 10.3 Å². The zero-order valence-corrected chi connectivity index (χ0v) is 12.9. The Morgan fingerprint density at radius 3 is 2.57 bits per heavy atom. The highest BCUT2D eigenvalue weighted by Gasteiger charge is 2.08. The lowest BCUT2D eigenvalue weighted by atomic mass is 10.1. The van der Waals surface area contributed by atoms with Crippen LogP contribution in [0.2, 0.25) is 0 Å². The van der Waals surface area contributed by atoms with E-state index in [0.717, 1.165) is 16.9 Å². The first-order chi connectivity index (χ1) is 9.95. The van der Waals surface area contributed by atoms with Crippen molar-refractivity contribution in [1.29, 1.82) is 0 Å². The fourth-order valence-corrected chi connectivity index (χ4v) is 2.09. The van der Waals surface area contributed by atoms with Gasteiger partial charge in [-0.05, 0) is 45.4 Å². The molecule has 110 valence electrons. The van der Waals surface area contributed by atoms with E-state index < -0.39 is 0 Å². The first-order valence-corrected chi connectivity index (χ1v) is 7.06. The van der Waals surface area contributed by atoms with Crippen LogP contribution >= 0.6 is 0 Å². The van der Waals surface area contributed by atoms with E-state index in [1.54, 1.807) is 12.4 Å². The third-order valence-corrected chi connectivity index (χ3v) is 3.08. The molecule has 1 heterocycles. The highest BCUT2D eigenvalue weighted by molar-refractivity contribution is 5.95. The molecule has 0 fully saturated rings. The molecule has 0 saturated heterocycles. The van der Waals surface area contributed by atoms with Gasteiger partial charge in [-0.25, -0.2) is 0 Å². The quantitative estimate of drug-likeness (QED) is 0.901. The Labute approximate surface area is 125 Å². The first-order valence-electron chi connectivity index (χ1n) is 7.06. The number of benzene rings is 1. The Balaban J connectivity index is 2.19. The number of nitrogens with one attached hydrogen (secondary N) is 2. The third kappa shape index (κ3) is 4.05. The summed E-state index contributed by atoms with van der Waals surface area (Å²) in [7, 11) is 0. The van der Waals surface area contributed by atoms with Gasteiger partial charge in [0.05, 0.1) is 17.4 Å². The molecule has 1 aromatic carbocycles. The Hall–Kier alpha value is -2.36. The lowest BCUT2D eigenvalue weighted by molar-refractivity contribution is 0.0943. The van der Waals surface area contributed by atoms with E-state index in [4.69, 9.17) is 0 Å². The van der Waals surface area contributed by atoms with Crippen LogP contribution in [0.1, 0.15) is 35.3 Å². The van der Waals surface area contributed by atoms with E-state index in [1.165, 1.54) is 5.56 Å². The van der Waals surface area contributed by atoms with E-state index in [1.807, 2.05) is 26.0 Å². The molecule has 4 nitrogen and oxygen atoms in total. The van der Waals surface area contributed by atoms with Gasteiger partial charge in [0.15, 0.2) is 0 Å². The number of rotatable bonds is 4. The first kappa shape index (κ1) is 15.0. The molecule has 1 amide bonds. The Morgan fingerprint density at radius 2 is 1.90 bits per heavy atom. The van der Waals surface area contributed by atoms with Gasteiger partial charge in [0.1, 0.15) is 0 Å². The van der Waals surface area contributed by atoms with Crippen molar-refractivity contribution in [3.05, 3.63) is 53.3 Å². The molecule has 4 heteroatoms. The van der Waals surface area contributed by atoms with Crippen LogP contribution in [0.25, 0.3) is 0 Å². The second-order valence-corrected chi connectivity index (χ2v) is 5.53. The minimum absolute atomic E-state index is 0.105. The van der Waals surface area contributed by atoms with Gasteiger partial charge in [-0.1, -0.05) is 17.7 Å². The van der Waals surface area contributed by atoms with Gasteiger partial charge in [0.2, 0.25) is 0 Å². The van der Waals surface area contributed by atoms with Crippen molar-refractivity contribution in [3.63, 3.8) is 0 Å². The molecule has 0 atom stereocenters. The third-order valence-electron chi connectivity index (χ3n) is 3.08. The zero-order valence-electron chi connectivity index (χ0n) is 12.9. The minimum Gasteiger partial charge on any atom is -0.354 e. The van der Waals surface area contributed by atoms with E-state index in [-0.39, 0.29) is 11.9 Å². The second-order valence-electron chi connectivity index (χ2n) is 5.53. The van der Waals surface area contributed by atoms with E-state index in [0.29, 0.717) is 5.56 Å². The largest absolute Gasteiger partial charge is 0.354 e. The summed E-state index contributed by atoms with van der Waals surface area (Å²) < 4.78 is 0. The summed E-state index contributed by atoms with van der Waals surface area (Å²) >= 11 is 0. The summed E-state index contributed by atoms with van der Waals surface area (Å²) in [5, 5.41) is 6.17. The Bertz CT molecular complexity index is 650. The number of anilines is 2. The average molecular weight is 283 g/mol. The van der Waals surface area contributed by atoms with Gasteiger partial charge in [0, 0.05) is 17.9 Å². The lowest BCUT2D eigenvalue weighted by Crippen LogP contribution is -2.30. The van der Waals surface area contributed by atoms with Gasteiger partial charge >= 0.3 is 0 Å². The summed E-state index contributed by atoms with van der Waals surface area (Å²) in [5.41, 5.74) is 4.76. The molecule has 0 spiro atoms. The summed E-state index contributed by atoms with van der Waals surface area (Å²) in [5.74, 6) is -0.109. The molecular weight excluding hydrogens is 262 g/mol. The predicted molar refractivity (Wildman–Crippen MR) is 86.0 cm³/mol. The van der Waals surface area contributed by atoms with Crippen LogP contribution in [-0.2, 0) is 0 Å². The topological polar surface area (TPSA) is 54.0 Å². The van der Waals surface area contributed by atoms with Gasteiger partial charge in [-0.2, -0.15) is 0 Å². The summed E-state index contributed by atoms with van der Waals surface area (Å²) in [4.78, 5) is 16.1. The number of carbonyl (C=O) groups excluding carboxylic acids is 1. The number of nitrogens with zero attached hydrogens (tertiary/aromatic N) is 1. The zero-order chi connectivity index (χ0) is 15.4. The van der Waals surface area contributed by atoms with Gasteiger partial charge in [0.25, 0.3) is 5.91 Å². The van der Waals surface area contributed by atoms with Crippen LogP contribution in [0.4, 0.5) is 11.4 Å². The van der Waals surface area contributed by atoms with Crippen LogP contribution in [0.5, 0.6) is 0 Å². The summed E-state index contributed by atoms with van der Waals surface area (Å²) in [6, 6.07) is 8.12. The van der Waals surface area contributed by atoms with Crippen molar-refractivity contribution in [2.45, 2.75) is 33.7 Å². The van der Waals surface area contributed by atoms with Crippen molar-refractivity contribution < 1.29 is 4.79 Å². The molecule has 0 aliphatic heterocycles. The summed E-state index contributed by atoms with van der Waals surface area (Å²) in [6.07, 6.45) is 3.29. The van der Waals surface area contributed by atoms with Crippen molar-refractivity contribution >= 4 is 17.3 Å². The number of aromatic nitrogens is 1. The molecule has 2 aromatic rings. The molecule has 1 aromatic heterocycles. The van der Waals surface area contributed by atoms with E-state index >= 15 is 0 Å². The maximum absolute atomic E-state index is 12.0. The number of hydrogen-bond donors (Lipinski definition) is 2. The van der Waals surface area contributed by atoms with Crippen molar-refractivity contribution in [2.24, 2.45) is 0 Å². The van der Waals surface area contributed by atoms with Crippen molar-refractivity contribution in [3.8, 4) is 0 Å². The Kier molecular flexibility index (Phi) is 4.58. The highest BCUT2D eigenvalue weighted by Crippen LogP contribution is 2.21. The lowest BCUT2D eigenvalue weighted by Gasteiger charge is -2.12. The van der Waals surface area contributed by atoms with Crippen LogP contribution in [0, 0.1) is 13.8 Å². The highest BCUT2D eigenvalue weighted by atomic mass is 16.1. The standard InChI is InChI=1S/C17H21N3O/c1-11(2)19-17(21)14-8-15(10-18-9-14)20-16-6-5-12(3)7-13(16)4/h5-11,20H,1-4H3,(H,19,21). The minimum atomic E-state index is -0.109. The van der Waals surface area contributed by atoms with Crippen LogP contribution in [-0.4, -0.2) is 16.9 Å². The summed E-state index contributed by atoms with van der Waals surface area (Å²) in [6.45, 7) is 7.99. The molecule has 0 aliphatic carbocycles. The van der Waals surface area contributed by atoms with Gasteiger partial charge in [-0.3, -0.25) is 9.78 Å². The SMILES string of the molecule is Cc1ccc(Nc2cncc(C(=O)NC(C)C)c2)c(C)c1. The normalized spacial score (nSPS) is 10.5. The number of pyridine rings is 1. The van der Waals surface area contributed by atoms with E-state index in [2.05, 4.69) is 41.6 Å². The fourth-order valence-electron chi connectivity index (χ4n) is 2.09. The monoisotopic (exact) mass is 283 g/mol. The molecule has 21 heavy (non-hydrogen) atoms. The van der Waals surface area contributed by atoms with Crippen LogP contribution in [0.3, 0.4) is 0 Å². The number of hydrogen-bond acceptors (Lipinski definition) is 3. The molecule has 2 rings (SSSR count). The predicted octanol–water partition coefficient (Wildman–Crippen LogP) is 3.58. The molecule has 0 radical (unpaired) electrons. The second kappa shape index (κ2) is 6.39. The molecule has 2 N–H and O–H groups in total. The molecule has 0 aliphatic rings. The number of amides is 1. The maximum Gasteiger partial charge on any atom is 0.253 e. The molecular formula is C17H21N3O. The van der Waals surface area contributed by atoms with Crippen LogP contribution < -0.4 is 10.6 Å². The molecule has 0 unspecified atom stereocenters. The van der Waals surface area contributed by atoms with E-state index in [9.17, 15) is 4.79 Å². The fraction of sp³-hybridized carbons (Fsp3) is 0.294. The Morgan fingerprint density at radius 1 is 1.14 bits per heavy atom.